The molecule has 1 aliphatic heterocycles. The quantitative estimate of drug-likeness (QED) is 0.744. The molecule has 0 aromatic heterocycles. The van der Waals surface area contributed by atoms with Gasteiger partial charge in [-0.05, 0) is 37.1 Å². The van der Waals surface area contributed by atoms with Crippen molar-refractivity contribution in [3.63, 3.8) is 0 Å². The van der Waals surface area contributed by atoms with Crippen LogP contribution in [0.2, 0.25) is 0 Å². The van der Waals surface area contributed by atoms with E-state index in [0.717, 1.165) is 25.7 Å². The van der Waals surface area contributed by atoms with Crippen LogP contribution in [0.4, 0.5) is 4.39 Å². The van der Waals surface area contributed by atoms with Crippen LogP contribution in [0.5, 0.6) is 0 Å². The Morgan fingerprint density at radius 1 is 1.04 bits per heavy atom. The van der Waals surface area contributed by atoms with E-state index in [-0.39, 0.29) is 18.1 Å². The van der Waals surface area contributed by atoms with E-state index in [1.54, 1.807) is 11.8 Å². The maximum absolute atomic E-state index is 13.6. The van der Waals surface area contributed by atoms with Crippen LogP contribution in [0.25, 0.3) is 0 Å². The molecule has 6 heteroatoms. The first-order valence-electron chi connectivity index (χ1n) is 9.41. The molecule has 0 aliphatic carbocycles. The summed E-state index contributed by atoms with van der Waals surface area (Å²) < 4.78 is 18.6. The van der Waals surface area contributed by atoms with Crippen molar-refractivity contribution in [2.24, 2.45) is 0 Å². The third kappa shape index (κ3) is 5.16. The standard InChI is InChI=1S/C22H25FN2O3/c1-16-4-3-5-18(12-16)14-24-8-10-25(11-9-24)21(26)15-28-22(27)19-7-6-17(2)20(23)13-19/h3-7,12-13H,8-11,14-15H2,1-2H3. The number of nitrogens with zero attached hydrogens (tertiary/aromatic N) is 2. The van der Waals surface area contributed by atoms with Gasteiger partial charge < -0.3 is 9.64 Å². The van der Waals surface area contributed by atoms with E-state index in [0.29, 0.717) is 18.7 Å². The Kier molecular flexibility index (Phi) is 6.41. The zero-order chi connectivity index (χ0) is 20.1. The van der Waals surface area contributed by atoms with Gasteiger partial charge in [0, 0.05) is 32.7 Å². The predicted molar refractivity (Wildman–Crippen MR) is 104 cm³/mol. The number of carbonyl (C=O) groups is 2. The van der Waals surface area contributed by atoms with Gasteiger partial charge >= 0.3 is 5.97 Å². The zero-order valence-electron chi connectivity index (χ0n) is 16.3. The van der Waals surface area contributed by atoms with E-state index in [2.05, 4.69) is 36.1 Å². The van der Waals surface area contributed by atoms with Crippen LogP contribution in [0.1, 0.15) is 27.0 Å². The van der Waals surface area contributed by atoms with Crippen LogP contribution in [-0.4, -0.2) is 54.5 Å². The first-order chi connectivity index (χ1) is 13.4. The number of piperazine rings is 1. The smallest absolute Gasteiger partial charge is 0.338 e. The molecule has 5 nitrogen and oxygen atoms in total. The summed E-state index contributed by atoms with van der Waals surface area (Å²) in [7, 11) is 0. The first-order valence-corrected chi connectivity index (χ1v) is 9.41. The van der Waals surface area contributed by atoms with Crippen molar-refractivity contribution < 1.29 is 18.7 Å². The van der Waals surface area contributed by atoms with Crippen LogP contribution in [-0.2, 0) is 16.1 Å². The summed E-state index contributed by atoms with van der Waals surface area (Å²) in [6, 6.07) is 12.6. The Morgan fingerprint density at radius 2 is 1.79 bits per heavy atom. The molecule has 1 heterocycles. The van der Waals surface area contributed by atoms with E-state index in [4.69, 9.17) is 4.74 Å². The fourth-order valence-electron chi connectivity index (χ4n) is 3.25. The minimum absolute atomic E-state index is 0.110. The summed E-state index contributed by atoms with van der Waals surface area (Å²) in [5.41, 5.74) is 3.07. The lowest BCUT2D eigenvalue weighted by atomic mass is 10.1. The summed E-state index contributed by atoms with van der Waals surface area (Å²) in [5, 5.41) is 0. The van der Waals surface area contributed by atoms with Crippen LogP contribution in [0.3, 0.4) is 0 Å². The highest BCUT2D eigenvalue weighted by Gasteiger charge is 2.22. The van der Waals surface area contributed by atoms with Gasteiger partial charge in [0.1, 0.15) is 5.82 Å². The van der Waals surface area contributed by atoms with Crippen LogP contribution in [0, 0.1) is 19.7 Å². The molecule has 148 valence electrons. The Balaban J connectivity index is 1.44. The Morgan fingerprint density at radius 3 is 2.46 bits per heavy atom. The van der Waals surface area contributed by atoms with E-state index in [1.807, 2.05) is 0 Å². The second kappa shape index (κ2) is 8.97. The summed E-state index contributed by atoms with van der Waals surface area (Å²) in [6.45, 7) is 6.97. The number of esters is 1. The number of amides is 1. The molecule has 1 fully saturated rings. The van der Waals surface area contributed by atoms with Crippen molar-refractivity contribution in [3.8, 4) is 0 Å². The van der Waals surface area contributed by atoms with Crippen molar-refractivity contribution in [3.05, 3.63) is 70.5 Å². The molecular weight excluding hydrogens is 359 g/mol. The number of rotatable bonds is 5. The molecule has 3 rings (SSSR count). The highest BCUT2D eigenvalue weighted by molar-refractivity contribution is 5.91. The highest BCUT2D eigenvalue weighted by atomic mass is 19.1. The molecule has 0 saturated carbocycles. The number of hydrogen-bond donors (Lipinski definition) is 0. The molecule has 0 N–H and O–H groups in total. The molecule has 0 radical (unpaired) electrons. The molecule has 0 atom stereocenters. The number of halogens is 1. The van der Waals surface area contributed by atoms with Crippen LogP contribution < -0.4 is 0 Å². The molecule has 2 aromatic carbocycles. The molecule has 2 aromatic rings. The summed E-state index contributed by atoms with van der Waals surface area (Å²) in [4.78, 5) is 28.3. The third-order valence-electron chi connectivity index (χ3n) is 4.95. The second-order valence-electron chi connectivity index (χ2n) is 7.19. The van der Waals surface area contributed by atoms with E-state index >= 15 is 0 Å². The summed E-state index contributed by atoms with van der Waals surface area (Å²) in [6.07, 6.45) is 0. The number of aryl methyl sites for hydroxylation is 2. The van der Waals surface area contributed by atoms with Gasteiger partial charge in [-0.3, -0.25) is 9.69 Å². The lowest BCUT2D eigenvalue weighted by Gasteiger charge is -2.34. The maximum atomic E-state index is 13.6. The van der Waals surface area contributed by atoms with E-state index in [9.17, 15) is 14.0 Å². The summed E-state index contributed by atoms with van der Waals surface area (Å²) in [5.74, 6) is -1.38. The average Bonchev–Trinajstić information content (AvgIpc) is 2.68. The average molecular weight is 384 g/mol. The minimum Gasteiger partial charge on any atom is -0.452 e. The van der Waals surface area contributed by atoms with Gasteiger partial charge in [-0.25, -0.2) is 9.18 Å². The van der Waals surface area contributed by atoms with E-state index < -0.39 is 11.8 Å². The second-order valence-corrected chi connectivity index (χ2v) is 7.19. The molecule has 0 spiro atoms. The van der Waals surface area contributed by atoms with Crippen LogP contribution in [0.15, 0.2) is 42.5 Å². The fraction of sp³-hybridized carbons (Fsp3) is 0.364. The minimum atomic E-state index is -0.690. The predicted octanol–water partition coefficient (Wildman–Crippen LogP) is 2.94. The first kappa shape index (κ1) is 20.0. The SMILES string of the molecule is Cc1cccc(CN2CCN(C(=O)COC(=O)c3ccc(C)c(F)c3)CC2)c1. The zero-order valence-corrected chi connectivity index (χ0v) is 16.3. The summed E-state index contributed by atoms with van der Waals surface area (Å²) >= 11 is 0. The Labute approximate surface area is 164 Å². The molecule has 0 unspecified atom stereocenters. The number of carbonyl (C=O) groups excluding carboxylic acids is 2. The molecular formula is C22H25FN2O3. The molecule has 28 heavy (non-hydrogen) atoms. The largest absolute Gasteiger partial charge is 0.452 e. The van der Waals surface area contributed by atoms with Gasteiger partial charge in [-0.2, -0.15) is 0 Å². The van der Waals surface area contributed by atoms with Crippen LogP contribution >= 0.6 is 0 Å². The van der Waals surface area contributed by atoms with E-state index in [1.165, 1.54) is 23.3 Å². The number of hydrogen-bond acceptors (Lipinski definition) is 4. The van der Waals surface area contributed by atoms with Crippen molar-refractivity contribution in [1.29, 1.82) is 0 Å². The van der Waals surface area contributed by atoms with Gasteiger partial charge in [0.15, 0.2) is 6.61 Å². The fourth-order valence-corrected chi connectivity index (χ4v) is 3.25. The highest BCUT2D eigenvalue weighted by Crippen LogP contribution is 2.12. The lowest BCUT2D eigenvalue weighted by Crippen LogP contribution is -2.49. The van der Waals surface area contributed by atoms with Gasteiger partial charge in [0.2, 0.25) is 0 Å². The maximum Gasteiger partial charge on any atom is 0.338 e. The lowest BCUT2D eigenvalue weighted by molar-refractivity contribution is -0.136. The molecule has 1 saturated heterocycles. The molecule has 1 amide bonds. The van der Waals surface area contributed by atoms with Crippen molar-refractivity contribution in [2.45, 2.75) is 20.4 Å². The van der Waals surface area contributed by atoms with Crippen molar-refractivity contribution >= 4 is 11.9 Å². The Hall–Kier alpha value is -2.73. The monoisotopic (exact) mass is 384 g/mol. The van der Waals surface area contributed by atoms with Gasteiger partial charge in [-0.1, -0.05) is 35.9 Å². The topological polar surface area (TPSA) is 49.9 Å². The molecule has 0 bridgehead atoms. The number of benzene rings is 2. The van der Waals surface area contributed by atoms with Gasteiger partial charge in [0.25, 0.3) is 5.91 Å². The number of ether oxygens (including phenoxy) is 1. The van der Waals surface area contributed by atoms with Crippen molar-refractivity contribution in [1.82, 2.24) is 9.80 Å². The van der Waals surface area contributed by atoms with Gasteiger partial charge in [-0.15, -0.1) is 0 Å². The third-order valence-corrected chi connectivity index (χ3v) is 4.95. The van der Waals surface area contributed by atoms with Gasteiger partial charge in [0.05, 0.1) is 5.56 Å². The Bertz CT molecular complexity index is 861. The molecule has 1 aliphatic rings. The van der Waals surface area contributed by atoms with Crippen molar-refractivity contribution in [2.75, 3.05) is 32.8 Å². The normalized spacial score (nSPS) is 14.8.